The summed E-state index contributed by atoms with van der Waals surface area (Å²) in [4.78, 5) is 12.1. The van der Waals surface area contributed by atoms with E-state index in [1.54, 1.807) is 25.3 Å². The van der Waals surface area contributed by atoms with Gasteiger partial charge in [0.05, 0.1) is 7.11 Å². The number of benzene rings is 4. The zero-order valence-corrected chi connectivity index (χ0v) is 17.0. The average molecular weight is 414 g/mol. The number of esters is 1. The summed E-state index contributed by atoms with van der Waals surface area (Å²) < 4.78 is 10.7. The number of aryl methyl sites for hydroxylation is 1. The van der Waals surface area contributed by atoms with Crippen LogP contribution in [0, 0.1) is 0 Å². The van der Waals surface area contributed by atoms with Gasteiger partial charge < -0.3 is 19.7 Å². The van der Waals surface area contributed by atoms with Crippen molar-refractivity contribution in [3.05, 3.63) is 84.4 Å². The van der Waals surface area contributed by atoms with E-state index < -0.39 is 0 Å². The van der Waals surface area contributed by atoms with Crippen LogP contribution >= 0.6 is 0 Å². The first-order valence-corrected chi connectivity index (χ1v) is 9.91. The van der Waals surface area contributed by atoms with E-state index in [1.807, 2.05) is 30.3 Å². The van der Waals surface area contributed by atoms with E-state index in [2.05, 4.69) is 18.2 Å². The lowest BCUT2D eigenvalue weighted by atomic mass is 10.0. The van der Waals surface area contributed by atoms with Crippen molar-refractivity contribution in [1.29, 1.82) is 0 Å². The van der Waals surface area contributed by atoms with Gasteiger partial charge in [-0.15, -0.1) is 0 Å². The van der Waals surface area contributed by atoms with Crippen molar-refractivity contribution in [3.8, 4) is 34.1 Å². The second-order valence-corrected chi connectivity index (χ2v) is 7.25. The molecule has 5 nitrogen and oxygen atoms in total. The molecule has 0 spiro atoms. The van der Waals surface area contributed by atoms with Gasteiger partial charge in [0.2, 0.25) is 0 Å². The van der Waals surface area contributed by atoms with Gasteiger partial charge in [-0.1, -0.05) is 36.4 Å². The number of phenols is 2. The normalized spacial score (nSPS) is 10.7. The van der Waals surface area contributed by atoms with E-state index >= 15 is 0 Å². The number of carbonyl (C=O) groups excluding carboxylic acids is 1. The van der Waals surface area contributed by atoms with Gasteiger partial charge >= 0.3 is 5.97 Å². The fourth-order valence-electron chi connectivity index (χ4n) is 3.40. The minimum Gasteiger partial charge on any atom is -0.504 e. The maximum atomic E-state index is 12.1. The van der Waals surface area contributed by atoms with Crippen molar-refractivity contribution in [2.24, 2.45) is 0 Å². The van der Waals surface area contributed by atoms with E-state index in [-0.39, 0.29) is 23.9 Å². The highest BCUT2D eigenvalue weighted by Crippen LogP contribution is 2.29. The first-order valence-electron chi connectivity index (χ1n) is 9.91. The molecule has 4 aromatic rings. The lowest BCUT2D eigenvalue weighted by Gasteiger charge is -2.08. The van der Waals surface area contributed by atoms with Crippen LogP contribution in [-0.4, -0.2) is 23.3 Å². The van der Waals surface area contributed by atoms with Crippen molar-refractivity contribution in [2.75, 3.05) is 7.11 Å². The number of carbonyl (C=O) groups is 1. The first kappa shape index (κ1) is 20.3. The minimum absolute atomic E-state index is 0.167. The van der Waals surface area contributed by atoms with Gasteiger partial charge in [0.15, 0.2) is 11.5 Å². The van der Waals surface area contributed by atoms with Crippen molar-refractivity contribution in [3.63, 3.8) is 0 Å². The van der Waals surface area contributed by atoms with Gasteiger partial charge in [0, 0.05) is 6.42 Å². The monoisotopic (exact) mass is 414 g/mol. The predicted octanol–water partition coefficient (Wildman–Crippen LogP) is 5.46. The number of rotatable bonds is 6. The molecule has 0 amide bonds. The number of fused-ring (bicyclic) bond motifs is 1. The molecule has 0 aliphatic carbocycles. The van der Waals surface area contributed by atoms with Crippen LogP contribution in [0.15, 0.2) is 78.9 Å². The Hall–Kier alpha value is -3.99. The molecule has 0 aliphatic heterocycles. The molecule has 4 aromatic carbocycles. The molecule has 0 saturated carbocycles. The molecule has 0 aliphatic rings. The maximum absolute atomic E-state index is 12.1. The van der Waals surface area contributed by atoms with Crippen molar-refractivity contribution in [1.82, 2.24) is 0 Å². The topological polar surface area (TPSA) is 76.0 Å². The fourth-order valence-corrected chi connectivity index (χ4v) is 3.40. The van der Waals surface area contributed by atoms with Crippen LogP contribution in [-0.2, 0) is 11.2 Å². The summed E-state index contributed by atoms with van der Waals surface area (Å²) >= 11 is 0. The number of ether oxygens (including phenoxy) is 2. The molecule has 0 heterocycles. The van der Waals surface area contributed by atoms with Crippen LogP contribution in [0.4, 0.5) is 0 Å². The number of hydrogen-bond donors (Lipinski definition) is 2. The highest BCUT2D eigenvalue weighted by atomic mass is 16.5. The third-order valence-corrected chi connectivity index (χ3v) is 5.12. The number of methoxy groups -OCH3 is 1. The molecule has 0 atom stereocenters. The quantitative estimate of drug-likeness (QED) is 0.249. The second kappa shape index (κ2) is 8.79. The molecular weight excluding hydrogens is 392 g/mol. The zero-order valence-electron chi connectivity index (χ0n) is 17.0. The van der Waals surface area contributed by atoms with Gasteiger partial charge in [-0.05, 0) is 76.3 Å². The first-order chi connectivity index (χ1) is 15.0. The molecule has 31 heavy (non-hydrogen) atoms. The van der Waals surface area contributed by atoms with E-state index in [4.69, 9.17) is 9.47 Å². The smallest absolute Gasteiger partial charge is 0.311 e. The van der Waals surface area contributed by atoms with E-state index in [9.17, 15) is 15.0 Å². The molecule has 0 saturated heterocycles. The molecule has 156 valence electrons. The lowest BCUT2D eigenvalue weighted by Crippen LogP contribution is -2.08. The van der Waals surface area contributed by atoms with E-state index in [0.717, 1.165) is 33.2 Å². The minimum atomic E-state index is -0.361. The maximum Gasteiger partial charge on any atom is 0.311 e. The molecular formula is C26H22O5. The van der Waals surface area contributed by atoms with Crippen LogP contribution in [0.2, 0.25) is 0 Å². The van der Waals surface area contributed by atoms with Crippen LogP contribution in [0.3, 0.4) is 0 Å². The second-order valence-electron chi connectivity index (χ2n) is 7.25. The van der Waals surface area contributed by atoms with Crippen LogP contribution in [0.5, 0.6) is 23.0 Å². The van der Waals surface area contributed by atoms with Gasteiger partial charge in [-0.3, -0.25) is 4.79 Å². The van der Waals surface area contributed by atoms with E-state index in [1.165, 1.54) is 12.1 Å². The van der Waals surface area contributed by atoms with Gasteiger partial charge in [0.25, 0.3) is 0 Å². The lowest BCUT2D eigenvalue weighted by molar-refractivity contribution is -0.134. The third-order valence-electron chi connectivity index (χ3n) is 5.12. The summed E-state index contributed by atoms with van der Waals surface area (Å²) in [6.07, 6.45) is 0.576. The largest absolute Gasteiger partial charge is 0.504 e. The third kappa shape index (κ3) is 4.78. The molecule has 2 N–H and O–H groups in total. The predicted molar refractivity (Wildman–Crippen MR) is 120 cm³/mol. The summed E-state index contributed by atoms with van der Waals surface area (Å²) in [5, 5.41) is 21.1. The molecule has 5 heteroatoms. The summed E-state index contributed by atoms with van der Waals surface area (Å²) in [5.74, 6) is 0.563. The molecule has 0 unspecified atom stereocenters. The van der Waals surface area contributed by atoms with Crippen LogP contribution in [0.25, 0.3) is 21.9 Å². The number of phenolic OH excluding ortho intramolecular Hbond substituents is 2. The Kier molecular flexibility index (Phi) is 5.76. The van der Waals surface area contributed by atoms with Crippen LogP contribution < -0.4 is 9.47 Å². The summed E-state index contributed by atoms with van der Waals surface area (Å²) in [5.41, 5.74) is 2.84. The molecule has 0 bridgehead atoms. The Morgan fingerprint density at radius 2 is 1.42 bits per heavy atom. The van der Waals surface area contributed by atoms with Crippen molar-refractivity contribution < 1.29 is 24.5 Å². The Labute approximate surface area is 180 Å². The Morgan fingerprint density at radius 1 is 0.742 bits per heavy atom. The number of aromatic hydroxyl groups is 2. The Balaban J connectivity index is 1.40. The van der Waals surface area contributed by atoms with E-state index in [0.29, 0.717) is 12.2 Å². The van der Waals surface area contributed by atoms with Gasteiger partial charge in [-0.2, -0.15) is 0 Å². The molecule has 0 fully saturated rings. The summed E-state index contributed by atoms with van der Waals surface area (Å²) in [6.45, 7) is 0. The van der Waals surface area contributed by atoms with Gasteiger partial charge in [-0.25, -0.2) is 0 Å². The molecule has 0 aromatic heterocycles. The Bertz CT molecular complexity index is 1230. The Morgan fingerprint density at radius 3 is 2.16 bits per heavy atom. The molecule has 4 rings (SSSR count). The number of hydrogen-bond acceptors (Lipinski definition) is 5. The average Bonchev–Trinajstić information content (AvgIpc) is 2.79. The SMILES string of the molecule is COc1ccc2cc(-c3ccc(OC(=O)CCc4ccc(O)c(O)c4)cc3)ccc2c1. The zero-order chi connectivity index (χ0) is 21.8. The summed E-state index contributed by atoms with van der Waals surface area (Å²) in [7, 11) is 1.65. The van der Waals surface area contributed by atoms with Crippen LogP contribution in [0.1, 0.15) is 12.0 Å². The highest BCUT2D eigenvalue weighted by molar-refractivity contribution is 5.88. The van der Waals surface area contributed by atoms with Crippen molar-refractivity contribution in [2.45, 2.75) is 12.8 Å². The van der Waals surface area contributed by atoms with Crippen molar-refractivity contribution >= 4 is 16.7 Å². The highest BCUT2D eigenvalue weighted by Gasteiger charge is 2.08. The molecule has 0 radical (unpaired) electrons. The summed E-state index contributed by atoms with van der Waals surface area (Å²) in [6, 6.07) is 24.1. The van der Waals surface area contributed by atoms with Gasteiger partial charge in [0.1, 0.15) is 11.5 Å². The fraction of sp³-hybridized carbons (Fsp3) is 0.115. The standard InChI is InChI=1S/C26H22O5/c1-30-23-11-8-20-15-19(4-5-21(20)16-23)18-6-9-22(10-7-18)31-26(29)13-3-17-2-12-24(27)25(28)14-17/h2,4-12,14-16,27-28H,3,13H2,1H3.